The summed E-state index contributed by atoms with van der Waals surface area (Å²) in [6, 6.07) is 10.0. The summed E-state index contributed by atoms with van der Waals surface area (Å²) in [4.78, 5) is 37.5. The first kappa shape index (κ1) is 23.1. The van der Waals surface area contributed by atoms with Gasteiger partial charge in [0.1, 0.15) is 5.52 Å². The number of carboxylic acid groups (broad SMARTS) is 1. The van der Waals surface area contributed by atoms with Crippen molar-refractivity contribution < 1.29 is 19.4 Å². The molecular weight excluding hydrogens is 410 g/mol. The van der Waals surface area contributed by atoms with Crippen LogP contribution in [0.3, 0.4) is 0 Å². The van der Waals surface area contributed by atoms with E-state index in [2.05, 4.69) is 19.2 Å². The molecule has 0 atom stereocenters. The number of aromatic nitrogens is 2. The van der Waals surface area contributed by atoms with Crippen molar-refractivity contribution in [1.82, 2.24) is 14.7 Å². The fraction of sp³-hybridized carbons (Fsp3) is 0.375. The van der Waals surface area contributed by atoms with E-state index in [1.54, 1.807) is 6.07 Å². The molecule has 0 bridgehead atoms. The van der Waals surface area contributed by atoms with Gasteiger partial charge in [0.2, 0.25) is 0 Å². The highest BCUT2D eigenvalue weighted by Gasteiger charge is 2.22. The normalized spacial score (nSPS) is 11.2. The number of hydrogen-bond donors (Lipinski definition) is 2. The van der Waals surface area contributed by atoms with Crippen LogP contribution in [-0.4, -0.2) is 26.7 Å². The maximum absolute atomic E-state index is 13.2. The minimum absolute atomic E-state index is 0.0238. The maximum Gasteiger partial charge on any atom is 0.511 e. The summed E-state index contributed by atoms with van der Waals surface area (Å²) in [5.41, 5.74) is 3.00. The molecule has 32 heavy (non-hydrogen) atoms. The van der Waals surface area contributed by atoms with E-state index in [1.165, 1.54) is 16.8 Å². The number of rotatable bonds is 7. The highest BCUT2D eigenvalue weighted by Crippen LogP contribution is 2.25. The molecule has 3 aromatic rings. The van der Waals surface area contributed by atoms with Crippen LogP contribution in [0.5, 0.6) is 5.75 Å². The molecule has 2 N–H and O–H groups in total. The number of nitrogens with one attached hydrogen (secondary N) is 1. The Balaban J connectivity index is 2.05. The lowest BCUT2D eigenvalue weighted by Gasteiger charge is -2.17. The van der Waals surface area contributed by atoms with E-state index in [4.69, 9.17) is 9.84 Å². The van der Waals surface area contributed by atoms with Gasteiger partial charge in [0.25, 0.3) is 5.56 Å². The molecule has 8 nitrogen and oxygen atoms in total. The molecule has 0 radical (unpaired) electrons. The quantitative estimate of drug-likeness (QED) is 0.405. The predicted octanol–water partition coefficient (Wildman–Crippen LogP) is 4.85. The van der Waals surface area contributed by atoms with Gasteiger partial charge in [0.05, 0.1) is 5.39 Å². The zero-order valence-electron chi connectivity index (χ0n) is 18.8. The smallest absolute Gasteiger partial charge is 0.449 e. The first-order valence-corrected chi connectivity index (χ1v) is 10.8. The number of unbranched alkanes of at least 4 members (excludes halogenated alkanes) is 1. The van der Waals surface area contributed by atoms with Crippen molar-refractivity contribution in [2.75, 3.05) is 0 Å². The minimum atomic E-state index is -1.48. The third-order valence-electron chi connectivity index (χ3n) is 5.52. The zero-order chi connectivity index (χ0) is 23.4. The van der Waals surface area contributed by atoms with Gasteiger partial charge >= 0.3 is 12.2 Å². The molecule has 0 aliphatic carbocycles. The summed E-state index contributed by atoms with van der Waals surface area (Å²) in [7, 11) is 0. The van der Waals surface area contributed by atoms with Gasteiger partial charge in [-0.05, 0) is 48.1 Å². The number of aryl methyl sites for hydroxylation is 2. The van der Waals surface area contributed by atoms with Crippen LogP contribution in [0.25, 0.3) is 10.9 Å². The first-order valence-electron chi connectivity index (χ1n) is 10.8. The van der Waals surface area contributed by atoms with Gasteiger partial charge in [-0.1, -0.05) is 51.5 Å². The molecular formula is C24H29N3O5. The Morgan fingerprint density at radius 1 is 1.16 bits per heavy atom. The average Bonchev–Trinajstić information content (AvgIpc) is 3.03. The number of ether oxygens (including phenoxy) is 1. The molecule has 8 heteroatoms. The van der Waals surface area contributed by atoms with E-state index in [0.717, 1.165) is 27.8 Å². The average molecular weight is 440 g/mol. The molecule has 0 aliphatic heterocycles. The zero-order valence-corrected chi connectivity index (χ0v) is 18.8. The summed E-state index contributed by atoms with van der Waals surface area (Å²) in [6.07, 6.45) is 0.0518. The van der Waals surface area contributed by atoms with Crippen LogP contribution in [0, 0.1) is 6.92 Å². The highest BCUT2D eigenvalue weighted by atomic mass is 16.7. The molecule has 1 aromatic heterocycles. The summed E-state index contributed by atoms with van der Waals surface area (Å²) >= 11 is 0. The van der Waals surface area contributed by atoms with Crippen molar-refractivity contribution in [3.05, 3.63) is 63.4 Å². The number of amides is 1. The molecule has 1 heterocycles. The third kappa shape index (κ3) is 4.54. The van der Waals surface area contributed by atoms with Crippen LogP contribution in [0.4, 0.5) is 9.59 Å². The van der Waals surface area contributed by atoms with E-state index in [0.29, 0.717) is 18.5 Å². The molecule has 0 unspecified atom stereocenters. The molecule has 0 fully saturated rings. The van der Waals surface area contributed by atoms with Crippen LogP contribution in [-0.2, 0) is 13.1 Å². The van der Waals surface area contributed by atoms with Gasteiger partial charge in [0, 0.05) is 13.1 Å². The monoisotopic (exact) mass is 439 g/mol. The molecule has 3 rings (SSSR count). The van der Waals surface area contributed by atoms with E-state index in [9.17, 15) is 14.4 Å². The van der Waals surface area contributed by atoms with Crippen molar-refractivity contribution in [3.63, 3.8) is 0 Å². The summed E-state index contributed by atoms with van der Waals surface area (Å²) in [5, 5.41) is 12.2. The second kappa shape index (κ2) is 9.72. The second-order valence-corrected chi connectivity index (χ2v) is 8.07. The van der Waals surface area contributed by atoms with Crippen molar-refractivity contribution >= 4 is 23.1 Å². The van der Waals surface area contributed by atoms with Crippen molar-refractivity contribution in [1.29, 1.82) is 0 Å². The lowest BCUT2D eigenvalue weighted by atomic mass is 9.94. The molecule has 1 amide bonds. The van der Waals surface area contributed by atoms with Gasteiger partial charge in [0.15, 0.2) is 5.75 Å². The highest BCUT2D eigenvalue weighted by molar-refractivity contribution is 5.90. The van der Waals surface area contributed by atoms with Crippen LogP contribution in [0.2, 0.25) is 0 Å². The molecule has 170 valence electrons. The predicted molar refractivity (Wildman–Crippen MR) is 123 cm³/mol. The van der Waals surface area contributed by atoms with E-state index < -0.39 is 17.7 Å². The molecule has 0 saturated heterocycles. The van der Waals surface area contributed by atoms with Crippen molar-refractivity contribution in [2.24, 2.45) is 0 Å². The number of carbonyl (C=O) groups is 2. The number of nitrogens with zero attached hydrogens (tertiary/aromatic N) is 2. The van der Waals surface area contributed by atoms with Gasteiger partial charge in [-0.25, -0.2) is 9.59 Å². The fourth-order valence-corrected chi connectivity index (χ4v) is 3.93. The van der Waals surface area contributed by atoms with Crippen molar-refractivity contribution in [3.8, 4) is 5.75 Å². The Morgan fingerprint density at radius 2 is 1.88 bits per heavy atom. The lowest BCUT2D eigenvalue weighted by Crippen LogP contribution is -2.38. The first-order chi connectivity index (χ1) is 15.3. The van der Waals surface area contributed by atoms with Gasteiger partial charge in [-0.2, -0.15) is 4.68 Å². The van der Waals surface area contributed by atoms with E-state index >= 15 is 0 Å². The number of benzene rings is 2. The molecule has 0 aliphatic rings. The summed E-state index contributed by atoms with van der Waals surface area (Å²) in [5.74, 6) is 0.312. The van der Waals surface area contributed by atoms with Crippen LogP contribution >= 0.6 is 0 Å². The molecule has 0 saturated carbocycles. The van der Waals surface area contributed by atoms with E-state index in [1.807, 2.05) is 32.0 Å². The Labute approximate surface area is 186 Å². The van der Waals surface area contributed by atoms with Gasteiger partial charge in [-0.15, -0.1) is 0 Å². The Kier molecular flexibility index (Phi) is 7.02. The van der Waals surface area contributed by atoms with Crippen LogP contribution in [0.1, 0.15) is 56.2 Å². The Bertz CT molecular complexity index is 1210. The topological polar surface area (TPSA) is 103 Å². The summed E-state index contributed by atoms with van der Waals surface area (Å²) in [6.45, 7) is 8.82. The largest absolute Gasteiger partial charge is 0.511 e. The standard InChI is InChI=1S/C24H29N3O5/c1-5-6-13-26-21-18(11-8-12-20(21)32-24(30)31)22(28)27(26)23(29)25-14-19-16(4)9-7-10-17(19)15(2)3/h7-12,15H,5-6,13-14H2,1-4H3,(H,25,29)(H,30,31). The van der Waals surface area contributed by atoms with E-state index in [-0.39, 0.29) is 23.6 Å². The second-order valence-electron chi connectivity index (χ2n) is 8.07. The van der Waals surface area contributed by atoms with Gasteiger partial charge in [-0.3, -0.25) is 9.48 Å². The lowest BCUT2D eigenvalue weighted by molar-refractivity contribution is 0.145. The van der Waals surface area contributed by atoms with Crippen LogP contribution < -0.4 is 15.6 Å². The Hall–Kier alpha value is -3.55. The van der Waals surface area contributed by atoms with Crippen molar-refractivity contribution in [2.45, 2.75) is 59.5 Å². The third-order valence-corrected chi connectivity index (χ3v) is 5.52. The minimum Gasteiger partial charge on any atom is -0.449 e. The van der Waals surface area contributed by atoms with Gasteiger partial charge < -0.3 is 15.2 Å². The number of hydrogen-bond acceptors (Lipinski definition) is 4. The number of fused-ring (bicyclic) bond motifs is 1. The molecule has 2 aromatic carbocycles. The molecule has 0 spiro atoms. The number of para-hydroxylation sites is 1. The Morgan fingerprint density at radius 3 is 2.53 bits per heavy atom. The van der Waals surface area contributed by atoms with Crippen LogP contribution in [0.15, 0.2) is 41.2 Å². The fourth-order valence-electron chi connectivity index (χ4n) is 3.93. The number of carbonyl (C=O) groups excluding carboxylic acids is 1. The SMILES string of the molecule is CCCCn1c2c(OC(=O)O)cccc2c(=O)n1C(=O)NCc1c(C)cccc1C(C)C. The summed E-state index contributed by atoms with van der Waals surface area (Å²) < 4.78 is 7.45. The maximum atomic E-state index is 13.2.